The average molecular weight is 540 g/mol. The quantitative estimate of drug-likeness (QED) is 0.210. The zero-order chi connectivity index (χ0) is 27.3. The van der Waals surface area contributed by atoms with E-state index in [1.807, 2.05) is 0 Å². The smallest absolute Gasteiger partial charge is 0.294 e. The molecular weight excluding hydrogens is 513 g/mol. The number of hydrogen-bond donors (Lipinski definition) is 4. The maximum absolute atomic E-state index is 14.0. The summed E-state index contributed by atoms with van der Waals surface area (Å²) in [6.07, 6.45) is 1.40. The Hall–Kier alpha value is -3.86. The zero-order valence-electron chi connectivity index (χ0n) is 20.8. The van der Waals surface area contributed by atoms with Crippen molar-refractivity contribution >= 4 is 23.3 Å². The van der Waals surface area contributed by atoms with Crippen LogP contribution in [0.1, 0.15) is 54.8 Å². The Morgan fingerprint density at radius 3 is 2.74 bits per heavy atom. The number of aliphatic hydroxyl groups is 2. The summed E-state index contributed by atoms with van der Waals surface area (Å²) in [6, 6.07) is 14.4. The summed E-state index contributed by atoms with van der Waals surface area (Å²) in [5.74, 6) is -0.664. The fraction of sp³-hybridized carbons (Fsp3) is 0.259. The molecule has 0 aliphatic rings. The summed E-state index contributed by atoms with van der Waals surface area (Å²) in [5, 5.41) is 30.9. The second kappa shape index (κ2) is 11.7. The summed E-state index contributed by atoms with van der Waals surface area (Å²) < 4.78 is 19.8. The topological polar surface area (TPSA) is 133 Å². The largest absolute Gasteiger partial charge is 0.494 e. The molecule has 0 bridgehead atoms. The molecule has 2 aromatic heterocycles. The number of benzene rings is 2. The summed E-state index contributed by atoms with van der Waals surface area (Å²) in [6.45, 7) is 3.95. The summed E-state index contributed by atoms with van der Waals surface area (Å²) in [4.78, 5) is 19.5. The Labute approximate surface area is 223 Å². The summed E-state index contributed by atoms with van der Waals surface area (Å²) >= 11 is 6.43. The Morgan fingerprint density at radius 2 is 1.97 bits per heavy atom. The molecule has 0 aliphatic heterocycles. The summed E-state index contributed by atoms with van der Waals surface area (Å²) in [7, 11) is 0. The van der Waals surface area contributed by atoms with Crippen LogP contribution >= 0.6 is 11.6 Å². The summed E-state index contributed by atoms with van der Waals surface area (Å²) in [5.41, 5.74) is 0.625. The lowest BCUT2D eigenvalue weighted by Gasteiger charge is -2.17. The molecule has 2 aromatic carbocycles. The van der Waals surface area contributed by atoms with Crippen LogP contribution in [-0.2, 0) is 0 Å². The highest BCUT2D eigenvalue weighted by Gasteiger charge is 2.21. The fourth-order valence-electron chi connectivity index (χ4n) is 3.70. The van der Waals surface area contributed by atoms with Crippen molar-refractivity contribution in [3.05, 3.63) is 88.8 Å². The first-order valence-corrected chi connectivity index (χ1v) is 12.3. The Balaban J connectivity index is 1.45. The van der Waals surface area contributed by atoms with Crippen molar-refractivity contribution in [2.75, 3.05) is 11.9 Å². The van der Waals surface area contributed by atoms with Crippen molar-refractivity contribution in [2.45, 2.75) is 38.4 Å². The average Bonchev–Trinajstić information content (AvgIpc) is 3.38. The van der Waals surface area contributed by atoms with Gasteiger partial charge in [-0.25, -0.2) is 9.37 Å². The lowest BCUT2D eigenvalue weighted by Crippen LogP contribution is -2.19. The van der Waals surface area contributed by atoms with Crippen molar-refractivity contribution in [1.29, 1.82) is 0 Å². The second-order valence-electron chi connectivity index (χ2n) is 9.27. The van der Waals surface area contributed by atoms with Gasteiger partial charge in [-0.05, 0) is 68.7 Å². The van der Waals surface area contributed by atoms with Crippen molar-refractivity contribution in [3.8, 4) is 16.9 Å². The normalized spacial score (nSPS) is 12.3. The highest BCUT2D eigenvalue weighted by Crippen LogP contribution is 2.32. The predicted molar refractivity (Wildman–Crippen MR) is 141 cm³/mol. The highest BCUT2D eigenvalue weighted by atomic mass is 35.5. The van der Waals surface area contributed by atoms with Gasteiger partial charge in [0.1, 0.15) is 23.5 Å². The van der Waals surface area contributed by atoms with Gasteiger partial charge in [0.05, 0.1) is 12.2 Å². The van der Waals surface area contributed by atoms with E-state index in [4.69, 9.17) is 16.3 Å². The molecule has 1 unspecified atom stereocenters. The SMILES string of the molecule is CC(C)(O)CCCOc1ccc(Cl)c(-c2ccnc(NC(=O)c3nnc(C(O)c4ccccc4F)[nH]3)c2)c1. The number of hydrogen-bond acceptors (Lipinski definition) is 7. The number of anilines is 1. The van der Waals surface area contributed by atoms with E-state index in [-0.39, 0.29) is 23.0 Å². The lowest BCUT2D eigenvalue weighted by molar-refractivity contribution is 0.0641. The van der Waals surface area contributed by atoms with Crippen molar-refractivity contribution in [2.24, 2.45) is 0 Å². The standard InChI is InChI=1S/C27H27ClFN5O4/c1-27(2,37)11-5-13-38-17-8-9-20(28)19(15-17)16-10-12-30-22(14-16)31-26(36)25-32-24(33-34-25)23(35)18-6-3-4-7-21(18)29/h3-4,6-10,12,14-15,23,35,37H,5,11,13H2,1-2H3,(H,30,31,36)(H,32,33,34). The molecule has 9 nitrogen and oxygen atoms in total. The van der Waals surface area contributed by atoms with E-state index in [1.165, 1.54) is 24.4 Å². The lowest BCUT2D eigenvalue weighted by atomic mass is 10.0. The van der Waals surface area contributed by atoms with E-state index in [2.05, 4.69) is 25.5 Å². The molecule has 0 spiro atoms. The monoisotopic (exact) mass is 539 g/mol. The second-order valence-corrected chi connectivity index (χ2v) is 9.68. The number of rotatable bonds is 10. The first kappa shape index (κ1) is 27.2. The van der Waals surface area contributed by atoms with Crippen LogP contribution in [0.2, 0.25) is 5.02 Å². The predicted octanol–water partition coefficient (Wildman–Crippen LogP) is 4.92. The molecule has 1 amide bonds. The molecule has 4 aromatic rings. The molecule has 0 saturated heterocycles. The van der Waals surface area contributed by atoms with Crippen LogP contribution in [0.15, 0.2) is 60.8 Å². The Bertz CT molecular complexity index is 1420. The molecule has 0 radical (unpaired) electrons. The molecule has 38 heavy (non-hydrogen) atoms. The molecule has 4 rings (SSSR count). The van der Waals surface area contributed by atoms with Gasteiger partial charge in [0.15, 0.2) is 5.82 Å². The number of pyridine rings is 1. The van der Waals surface area contributed by atoms with Crippen LogP contribution in [0.3, 0.4) is 0 Å². The van der Waals surface area contributed by atoms with Gasteiger partial charge in [-0.15, -0.1) is 10.2 Å². The molecule has 198 valence electrons. The van der Waals surface area contributed by atoms with Crippen LogP contribution in [0.4, 0.5) is 10.2 Å². The molecule has 4 N–H and O–H groups in total. The maximum atomic E-state index is 14.0. The molecule has 11 heteroatoms. The highest BCUT2D eigenvalue weighted by molar-refractivity contribution is 6.33. The number of carbonyl (C=O) groups excluding carboxylic acids is 1. The van der Waals surface area contributed by atoms with Gasteiger partial charge in [0.2, 0.25) is 5.82 Å². The van der Waals surface area contributed by atoms with Crippen LogP contribution in [0.25, 0.3) is 11.1 Å². The Kier molecular flexibility index (Phi) is 8.35. The minimum absolute atomic E-state index is 0.00491. The van der Waals surface area contributed by atoms with E-state index >= 15 is 0 Å². The third kappa shape index (κ3) is 6.91. The van der Waals surface area contributed by atoms with Gasteiger partial charge in [-0.3, -0.25) is 4.79 Å². The van der Waals surface area contributed by atoms with Crippen LogP contribution in [-0.4, -0.2) is 48.5 Å². The number of carbonyl (C=O) groups is 1. The number of aliphatic hydroxyl groups excluding tert-OH is 1. The van der Waals surface area contributed by atoms with Gasteiger partial charge in [-0.1, -0.05) is 29.8 Å². The van der Waals surface area contributed by atoms with Gasteiger partial charge >= 0.3 is 0 Å². The third-order valence-corrected chi connectivity index (χ3v) is 5.96. The zero-order valence-corrected chi connectivity index (χ0v) is 21.5. The molecular formula is C27H27ClFN5O4. The number of H-pyrrole nitrogens is 1. The molecule has 0 fully saturated rings. The van der Waals surface area contributed by atoms with Gasteiger partial charge in [0.25, 0.3) is 5.91 Å². The van der Waals surface area contributed by atoms with E-state index < -0.39 is 23.4 Å². The Morgan fingerprint density at radius 1 is 1.18 bits per heavy atom. The van der Waals surface area contributed by atoms with E-state index in [9.17, 15) is 19.4 Å². The fourth-order valence-corrected chi connectivity index (χ4v) is 3.92. The number of amides is 1. The molecule has 0 aliphatic carbocycles. The molecule has 2 heterocycles. The van der Waals surface area contributed by atoms with E-state index in [0.29, 0.717) is 41.3 Å². The number of halogens is 2. The third-order valence-electron chi connectivity index (χ3n) is 5.63. The van der Waals surface area contributed by atoms with Crippen LogP contribution in [0, 0.1) is 5.82 Å². The van der Waals surface area contributed by atoms with Crippen molar-refractivity contribution < 1.29 is 24.1 Å². The maximum Gasteiger partial charge on any atom is 0.294 e. The number of nitrogens with zero attached hydrogens (tertiary/aromatic N) is 3. The van der Waals surface area contributed by atoms with Crippen LogP contribution < -0.4 is 10.1 Å². The minimum Gasteiger partial charge on any atom is -0.494 e. The van der Waals surface area contributed by atoms with Crippen LogP contribution in [0.5, 0.6) is 5.75 Å². The first-order chi connectivity index (χ1) is 18.1. The first-order valence-electron chi connectivity index (χ1n) is 11.9. The van der Waals surface area contributed by atoms with Crippen molar-refractivity contribution in [3.63, 3.8) is 0 Å². The minimum atomic E-state index is -1.42. The molecule has 0 saturated carbocycles. The number of ether oxygens (including phenoxy) is 1. The number of aromatic nitrogens is 4. The van der Waals surface area contributed by atoms with E-state index in [1.54, 1.807) is 50.2 Å². The van der Waals surface area contributed by atoms with E-state index in [0.717, 1.165) is 0 Å². The van der Waals surface area contributed by atoms with Crippen molar-refractivity contribution in [1.82, 2.24) is 20.2 Å². The molecule has 1 atom stereocenters. The number of aromatic amines is 1. The van der Waals surface area contributed by atoms with Gasteiger partial charge < -0.3 is 25.3 Å². The number of nitrogens with one attached hydrogen (secondary N) is 2. The van der Waals surface area contributed by atoms with Gasteiger partial charge in [-0.2, -0.15) is 0 Å². The van der Waals surface area contributed by atoms with Gasteiger partial charge in [0, 0.05) is 22.3 Å².